The number of hydrogen-bond acceptors (Lipinski definition) is 6. The number of thiazole rings is 1. The Labute approximate surface area is 133 Å². The molecule has 0 radical (unpaired) electrons. The van der Waals surface area contributed by atoms with Crippen LogP contribution in [0.3, 0.4) is 0 Å². The molecule has 0 aliphatic heterocycles. The number of carbonyl (C=O) groups is 1. The molecule has 1 aliphatic rings. The molecule has 1 aliphatic carbocycles. The van der Waals surface area contributed by atoms with Gasteiger partial charge in [0.05, 0.1) is 0 Å². The standard InChI is InChI=1S/C15H19N5OS/c21-13(18-9-11-5-2-1-3-6-11)12-10-22-15(19-12)20-14-16-7-4-8-17-14/h4,7-8,10-11H,1-3,5-6,9H2,(H,18,21)(H,16,17,19,20). The van der Waals surface area contributed by atoms with Crippen molar-refractivity contribution in [3.8, 4) is 0 Å². The Balaban J connectivity index is 1.52. The molecule has 6 nitrogen and oxygen atoms in total. The summed E-state index contributed by atoms with van der Waals surface area (Å²) in [6.45, 7) is 0.751. The molecular formula is C15H19N5OS. The Kier molecular flexibility index (Phi) is 4.95. The quantitative estimate of drug-likeness (QED) is 0.886. The monoisotopic (exact) mass is 317 g/mol. The fourth-order valence-corrected chi connectivity index (χ4v) is 3.30. The van der Waals surface area contributed by atoms with E-state index in [9.17, 15) is 4.79 Å². The van der Waals surface area contributed by atoms with Crippen LogP contribution in [-0.4, -0.2) is 27.4 Å². The smallest absolute Gasteiger partial charge is 0.270 e. The van der Waals surface area contributed by atoms with Gasteiger partial charge in [-0.25, -0.2) is 15.0 Å². The van der Waals surface area contributed by atoms with E-state index in [-0.39, 0.29) is 5.91 Å². The second kappa shape index (κ2) is 7.31. The summed E-state index contributed by atoms with van der Waals surface area (Å²) in [5.74, 6) is 0.988. The summed E-state index contributed by atoms with van der Waals surface area (Å²) in [7, 11) is 0. The van der Waals surface area contributed by atoms with Gasteiger partial charge in [0.1, 0.15) is 5.69 Å². The number of anilines is 2. The van der Waals surface area contributed by atoms with Crippen molar-refractivity contribution in [3.63, 3.8) is 0 Å². The van der Waals surface area contributed by atoms with E-state index in [1.165, 1.54) is 43.4 Å². The van der Waals surface area contributed by atoms with Gasteiger partial charge in [-0.05, 0) is 24.8 Å². The van der Waals surface area contributed by atoms with Gasteiger partial charge in [0.2, 0.25) is 5.95 Å². The van der Waals surface area contributed by atoms with Crippen LogP contribution in [0.5, 0.6) is 0 Å². The number of nitrogens with one attached hydrogen (secondary N) is 2. The molecule has 0 aromatic carbocycles. The fourth-order valence-electron chi connectivity index (χ4n) is 2.61. The number of carbonyl (C=O) groups excluding carboxylic acids is 1. The Bertz CT molecular complexity index is 609. The minimum atomic E-state index is -0.108. The maximum Gasteiger partial charge on any atom is 0.270 e. The van der Waals surface area contributed by atoms with Gasteiger partial charge in [0, 0.05) is 24.3 Å². The Hall–Kier alpha value is -2.02. The zero-order valence-corrected chi connectivity index (χ0v) is 13.1. The molecule has 2 N–H and O–H groups in total. The van der Waals surface area contributed by atoms with Crippen molar-refractivity contribution in [1.29, 1.82) is 0 Å². The van der Waals surface area contributed by atoms with Crippen molar-refractivity contribution in [3.05, 3.63) is 29.5 Å². The topological polar surface area (TPSA) is 79.8 Å². The first-order valence-electron chi connectivity index (χ1n) is 7.59. The van der Waals surface area contributed by atoms with Gasteiger partial charge in [-0.15, -0.1) is 11.3 Å². The Morgan fingerprint density at radius 3 is 2.77 bits per heavy atom. The highest BCUT2D eigenvalue weighted by Gasteiger charge is 2.16. The summed E-state index contributed by atoms with van der Waals surface area (Å²) in [5.41, 5.74) is 0.444. The molecule has 7 heteroatoms. The van der Waals surface area contributed by atoms with E-state index < -0.39 is 0 Å². The Morgan fingerprint density at radius 1 is 1.23 bits per heavy atom. The zero-order valence-electron chi connectivity index (χ0n) is 12.3. The van der Waals surface area contributed by atoms with Crippen molar-refractivity contribution in [2.75, 3.05) is 11.9 Å². The van der Waals surface area contributed by atoms with Gasteiger partial charge < -0.3 is 10.6 Å². The van der Waals surface area contributed by atoms with Crippen LogP contribution in [0.15, 0.2) is 23.8 Å². The lowest BCUT2D eigenvalue weighted by Crippen LogP contribution is -2.30. The van der Waals surface area contributed by atoms with Crippen LogP contribution in [0.25, 0.3) is 0 Å². The molecule has 0 unspecified atom stereocenters. The SMILES string of the molecule is O=C(NCC1CCCCC1)c1csc(Nc2ncccn2)n1. The summed E-state index contributed by atoms with van der Waals surface area (Å²) in [5, 5.41) is 8.35. The molecule has 0 bridgehead atoms. The normalized spacial score (nSPS) is 15.5. The van der Waals surface area contributed by atoms with E-state index in [4.69, 9.17) is 0 Å². The molecule has 0 saturated heterocycles. The zero-order chi connectivity index (χ0) is 15.2. The molecule has 3 rings (SSSR count). The summed E-state index contributed by atoms with van der Waals surface area (Å²) in [6, 6.07) is 1.75. The molecule has 2 aromatic rings. The first kappa shape index (κ1) is 14.9. The van der Waals surface area contributed by atoms with E-state index in [0.717, 1.165) is 6.54 Å². The number of aromatic nitrogens is 3. The van der Waals surface area contributed by atoms with Gasteiger partial charge in [0.25, 0.3) is 5.91 Å². The average Bonchev–Trinajstić information content (AvgIpc) is 3.03. The summed E-state index contributed by atoms with van der Waals surface area (Å²) in [4.78, 5) is 24.6. The van der Waals surface area contributed by atoms with Gasteiger partial charge in [-0.3, -0.25) is 4.79 Å². The van der Waals surface area contributed by atoms with E-state index >= 15 is 0 Å². The average molecular weight is 317 g/mol. The number of amides is 1. The third-order valence-electron chi connectivity index (χ3n) is 3.80. The molecule has 1 saturated carbocycles. The lowest BCUT2D eigenvalue weighted by atomic mass is 9.89. The predicted octanol–water partition coefficient (Wildman–Crippen LogP) is 2.99. The van der Waals surface area contributed by atoms with E-state index in [2.05, 4.69) is 25.6 Å². The first-order chi connectivity index (χ1) is 10.8. The maximum absolute atomic E-state index is 12.1. The molecule has 0 atom stereocenters. The number of hydrogen-bond donors (Lipinski definition) is 2. The molecule has 116 valence electrons. The molecule has 2 heterocycles. The van der Waals surface area contributed by atoms with E-state index in [0.29, 0.717) is 22.7 Å². The van der Waals surface area contributed by atoms with Crippen LogP contribution in [0.4, 0.5) is 11.1 Å². The second-order valence-electron chi connectivity index (χ2n) is 5.45. The van der Waals surface area contributed by atoms with Gasteiger partial charge >= 0.3 is 0 Å². The van der Waals surface area contributed by atoms with Crippen LogP contribution in [-0.2, 0) is 0 Å². The molecular weight excluding hydrogens is 298 g/mol. The van der Waals surface area contributed by atoms with Crippen LogP contribution in [0.2, 0.25) is 0 Å². The highest BCUT2D eigenvalue weighted by molar-refractivity contribution is 7.14. The van der Waals surface area contributed by atoms with Crippen molar-refractivity contribution >= 4 is 28.3 Å². The Morgan fingerprint density at radius 2 is 2.00 bits per heavy atom. The van der Waals surface area contributed by atoms with Crippen LogP contribution in [0.1, 0.15) is 42.6 Å². The molecule has 1 fully saturated rings. The second-order valence-corrected chi connectivity index (χ2v) is 6.31. The fraction of sp³-hybridized carbons (Fsp3) is 0.467. The van der Waals surface area contributed by atoms with Gasteiger partial charge in [-0.2, -0.15) is 0 Å². The third-order valence-corrected chi connectivity index (χ3v) is 4.56. The highest BCUT2D eigenvalue weighted by Crippen LogP contribution is 2.23. The van der Waals surface area contributed by atoms with Crippen molar-refractivity contribution in [2.45, 2.75) is 32.1 Å². The van der Waals surface area contributed by atoms with Crippen molar-refractivity contribution < 1.29 is 4.79 Å². The lowest BCUT2D eigenvalue weighted by molar-refractivity contribution is 0.0939. The van der Waals surface area contributed by atoms with E-state index in [1.54, 1.807) is 23.8 Å². The lowest BCUT2D eigenvalue weighted by Gasteiger charge is -2.21. The first-order valence-corrected chi connectivity index (χ1v) is 8.47. The highest BCUT2D eigenvalue weighted by atomic mass is 32.1. The van der Waals surface area contributed by atoms with Crippen LogP contribution < -0.4 is 10.6 Å². The maximum atomic E-state index is 12.1. The van der Waals surface area contributed by atoms with E-state index in [1.807, 2.05) is 0 Å². The van der Waals surface area contributed by atoms with Gasteiger partial charge in [-0.1, -0.05) is 19.3 Å². The minimum absolute atomic E-state index is 0.108. The number of nitrogens with zero attached hydrogens (tertiary/aromatic N) is 3. The molecule has 2 aromatic heterocycles. The molecule has 22 heavy (non-hydrogen) atoms. The van der Waals surface area contributed by atoms with Crippen LogP contribution >= 0.6 is 11.3 Å². The predicted molar refractivity (Wildman–Crippen MR) is 86.3 cm³/mol. The minimum Gasteiger partial charge on any atom is -0.350 e. The summed E-state index contributed by atoms with van der Waals surface area (Å²) < 4.78 is 0. The molecule has 0 spiro atoms. The third kappa shape index (κ3) is 4.00. The molecule has 1 amide bonds. The number of rotatable bonds is 5. The van der Waals surface area contributed by atoms with Crippen molar-refractivity contribution in [2.24, 2.45) is 5.92 Å². The largest absolute Gasteiger partial charge is 0.350 e. The summed E-state index contributed by atoms with van der Waals surface area (Å²) >= 11 is 1.37. The van der Waals surface area contributed by atoms with Crippen LogP contribution in [0, 0.1) is 5.92 Å². The summed E-state index contributed by atoms with van der Waals surface area (Å²) in [6.07, 6.45) is 9.63. The van der Waals surface area contributed by atoms with Gasteiger partial charge in [0.15, 0.2) is 5.13 Å². The van der Waals surface area contributed by atoms with Crippen molar-refractivity contribution in [1.82, 2.24) is 20.3 Å².